The Kier molecular flexibility index (Phi) is 10.1. The van der Waals surface area contributed by atoms with Gasteiger partial charge in [0.1, 0.15) is 35.6 Å². The highest BCUT2D eigenvalue weighted by Crippen LogP contribution is 2.43. The van der Waals surface area contributed by atoms with Gasteiger partial charge in [-0.05, 0) is 53.1 Å². The minimum atomic E-state index is -1.32. The number of aliphatic hydroxyl groups excluding tert-OH is 1. The second-order valence-corrected chi connectivity index (χ2v) is 12.3. The highest BCUT2D eigenvalue weighted by Gasteiger charge is 2.49. The lowest BCUT2D eigenvalue weighted by molar-refractivity contribution is -0.155. The summed E-state index contributed by atoms with van der Waals surface area (Å²) in [4.78, 5) is 38.5. The van der Waals surface area contributed by atoms with Gasteiger partial charge in [0.25, 0.3) is 5.91 Å². The highest BCUT2D eigenvalue weighted by atomic mass is 16.6. The number of imidazole rings is 1. The van der Waals surface area contributed by atoms with E-state index < -0.39 is 36.1 Å². The molecular formula is C40H37N5O8. The number of carbonyl (C=O) groups excluding carboxylic acids is 2. The number of fused-ring (bicyclic) bond motifs is 1. The maximum absolute atomic E-state index is 13.0. The van der Waals surface area contributed by atoms with E-state index in [-0.39, 0.29) is 29.5 Å². The molecule has 2 aromatic heterocycles. The molecule has 6 aromatic rings. The van der Waals surface area contributed by atoms with E-state index >= 15 is 0 Å². The largest absolute Gasteiger partial charge is 0.497 e. The zero-order valence-corrected chi connectivity index (χ0v) is 29.2. The van der Waals surface area contributed by atoms with Gasteiger partial charge in [-0.3, -0.25) is 14.2 Å². The number of hydrogen-bond donors (Lipinski definition) is 2. The Morgan fingerprint density at radius 1 is 0.811 bits per heavy atom. The quantitative estimate of drug-likeness (QED) is 0.125. The maximum Gasteiger partial charge on any atom is 0.303 e. The molecule has 0 spiro atoms. The molecule has 270 valence electrons. The molecule has 1 saturated heterocycles. The Morgan fingerprint density at radius 2 is 1.40 bits per heavy atom. The molecule has 0 aliphatic carbocycles. The molecule has 2 N–H and O–H groups in total. The average Bonchev–Trinajstić information content (AvgIpc) is 3.76. The number of anilines is 1. The molecule has 1 amide bonds. The summed E-state index contributed by atoms with van der Waals surface area (Å²) in [5, 5.41) is 14.5. The Hall–Kier alpha value is -6.15. The molecule has 0 bridgehead atoms. The van der Waals surface area contributed by atoms with Crippen molar-refractivity contribution in [3.8, 4) is 11.5 Å². The number of benzene rings is 4. The van der Waals surface area contributed by atoms with Gasteiger partial charge in [0, 0.05) is 12.5 Å². The number of nitrogens with one attached hydrogen (secondary N) is 1. The number of aromatic nitrogens is 4. The molecule has 1 fully saturated rings. The van der Waals surface area contributed by atoms with E-state index in [1.807, 2.05) is 84.9 Å². The van der Waals surface area contributed by atoms with Crippen molar-refractivity contribution in [1.29, 1.82) is 0 Å². The second kappa shape index (κ2) is 15.2. The summed E-state index contributed by atoms with van der Waals surface area (Å²) in [6, 6.07) is 33.6. The van der Waals surface area contributed by atoms with Crippen LogP contribution in [-0.2, 0) is 24.6 Å². The first-order valence-corrected chi connectivity index (χ1v) is 16.9. The number of esters is 1. The third-order valence-electron chi connectivity index (χ3n) is 9.15. The smallest absolute Gasteiger partial charge is 0.303 e. The molecule has 7 rings (SSSR count). The molecule has 0 radical (unpaired) electrons. The van der Waals surface area contributed by atoms with Crippen molar-refractivity contribution in [2.45, 2.75) is 37.1 Å². The standard InChI is InChI=1S/C40H37N5O8/c1-25(46)52-35-34(47)32(53-39(35)45-24-43-33-36(41-23-42-37(33)45)44-38(48)26-10-6-4-7-11-26)22-51-40(27-12-8-5-9-13-27,28-14-18-30(49-2)19-15-28)29-16-20-31(50-3)21-17-29/h4-21,23-24,32,34-35,39,47H,22H2,1-3H3,(H,41,42,44,48)/t32-,34-,35+,39-/m1/s1. The normalized spacial score (nSPS) is 18.4. The number of aliphatic hydroxyl groups is 1. The van der Waals surface area contributed by atoms with Crippen LogP contribution in [0.3, 0.4) is 0 Å². The number of ether oxygens (including phenoxy) is 5. The Labute approximate surface area is 305 Å². The second-order valence-electron chi connectivity index (χ2n) is 12.3. The molecule has 1 aliphatic rings. The van der Waals surface area contributed by atoms with Gasteiger partial charge in [-0.25, -0.2) is 15.0 Å². The predicted molar refractivity (Wildman–Crippen MR) is 193 cm³/mol. The lowest BCUT2D eigenvalue weighted by Crippen LogP contribution is -2.40. The van der Waals surface area contributed by atoms with Crippen LogP contribution in [0.15, 0.2) is 122 Å². The number of methoxy groups -OCH3 is 2. The van der Waals surface area contributed by atoms with E-state index in [4.69, 9.17) is 23.7 Å². The van der Waals surface area contributed by atoms with Gasteiger partial charge < -0.3 is 34.1 Å². The van der Waals surface area contributed by atoms with Gasteiger partial charge in [-0.1, -0.05) is 72.8 Å². The first kappa shape index (κ1) is 35.3. The van der Waals surface area contributed by atoms with Gasteiger partial charge in [0.2, 0.25) is 0 Å². The lowest BCUT2D eigenvalue weighted by Gasteiger charge is -2.37. The predicted octanol–water partition coefficient (Wildman–Crippen LogP) is 5.29. The highest BCUT2D eigenvalue weighted by molar-refractivity contribution is 6.06. The summed E-state index contributed by atoms with van der Waals surface area (Å²) in [6.45, 7) is 1.12. The molecule has 1 aliphatic heterocycles. The van der Waals surface area contributed by atoms with Crippen LogP contribution in [-0.4, -0.2) is 75.6 Å². The zero-order valence-electron chi connectivity index (χ0n) is 29.2. The number of carbonyl (C=O) groups is 2. The van der Waals surface area contributed by atoms with Crippen molar-refractivity contribution < 1.29 is 38.4 Å². The van der Waals surface area contributed by atoms with Crippen molar-refractivity contribution in [3.63, 3.8) is 0 Å². The molecule has 0 unspecified atom stereocenters. The van der Waals surface area contributed by atoms with Gasteiger partial charge in [0.05, 0.1) is 27.2 Å². The SMILES string of the molecule is COc1ccc(C(OC[C@H]2O[C@@H](n3cnc4c(NC(=O)c5ccccc5)ncnc43)[C@@H](OC(C)=O)[C@@H]2O)(c2ccccc2)c2ccc(OC)cc2)cc1. The molecule has 3 heterocycles. The van der Waals surface area contributed by atoms with E-state index in [0.29, 0.717) is 17.1 Å². The average molecular weight is 716 g/mol. The molecule has 4 atom stereocenters. The molecule has 4 aromatic carbocycles. The molecule has 53 heavy (non-hydrogen) atoms. The summed E-state index contributed by atoms with van der Waals surface area (Å²) >= 11 is 0. The Bertz CT molecular complexity index is 2130. The van der Waals surface area contributed by atoms with Gasteiger partial charge in [-0.2, -0.15) is 0 Å². The van der Waals surface area contributed by atoms with Crippen LogP contribution < -0.4 is 14.8 Å². The third-order valence-corrected chi connectivity index (χ3v) is 9.15. The fourth-order valence-corrected chi connectivity index (χ4v) is 6.58. The maximum atomic E-state index is 13.0. The number of rotatable bonds is 12. The zero-order chi connectivity index (χ0) is 37.0. The lowest BCUT2D eigenvalue weighted by atomic mass is 9.80. The van der Waals surface area contributed by atoms with Crippen LogP contribution in [0.1, 0.15) is 40.2 Å². The van der Waals surface area contributed by atoms with Crippen molar-refractivity contribution in [3.05, 3.63) is 144 Å². The fourth-order valence-electron chi connectivity index (χ4n) is 6.58. The third kappa shape index (κ3) is 6.92. The molecule has 13 nitrogen and oxygen atoms in total. The van der Waals surface area contributed by atoms with Crippen molar-refractivity contribution >= 4 is 28.9 Å². The van der Waals surface area contributed by atoms with E-state index in [0.717, 1.165) is 16.7 Å². The molecule has 0 saturated carbocycles. The van der Waals surface area contributed by atoms with Gasteiger partial charge in [0.15, 0.2) is 29.3 Å². The summed E-state index contributed by atoms with van der Waals surface area (Å²) in [5.74, 6) is 0.529. The van der Waals surface area contributed by atoms with E-state index in [2.05, 4.69) is 20.3 Å². The summed E-state index contributed by atoms with van der Waals surface area (Å²) in [7, 11) is 3.20. The molecular weight excluding hydrogens is 678 g/mol. The van der Waals surface area contributed by atoms with Crippen molar-refractivity contribution in [2.75, 3.05) is 26.1 Å². The first-order valence-electron chi connectivity index (χ1n) is 16.9. The minimum absolute atomic E-state index is 0.137. The monoisotopic (exact) mass is 715 g/mol. The van der Waals surface area contributed by atoms with Crippen LogP contribution in [0.2, 0.25) is 0 Å². The van der Waals surface area contributed by atoms with Gasteiger partial charge >= 0.3 is 5.97 Å². The number of nitrogens with zero attached hydrogens (tertiary/aromatic N) is 4. The number of amides is 1. The summed E-state index contributed by atoms with van der Waals surface area (Å²) in [6.07, 6.45) is -1.80. The van der Waals surface area contributed by atoms with Crippen molar-refractivity contribution in [2.24, 2.45) is 0 Å². The Balaban J connectivity index is 1.24. The van der Waals surface area contributed by atoms with Crippen molar-refractivity contribution in [1.82, 2.24) is 19.5 Å². The molecule has 13 heteroatoms. The minimum Gasteiger partial charge on any atom is -0.497 e. The van der Waals surface area contributed by atoms with E-state index in [1.54, 1.807) is 43.1 Å². The topological polar surface area (TPSA) is 156 Å². The number of hydrogen-bond acceptors (Lipinski definition) is 11. The first-order chi connectivity index (χ1) is 25.8. The van der Waals surface area contributed by atoms with Gasteiger partial charge in [-0.15, -0.1) is 0 Å². The van der Waals surface area contributed by atoms with Crippen LogP contribution in [0, 0.1) is 0 Å². The fraction of sp³-hybridized carbons (Fsp3) is 0.225. The van der Waals surface area contributed by atoms with E-state index in [9.17, 15) is 14.7 Å². The van der Waals surface area contributed by atoms with Crippen LogP contribution >= 0.6 is 0 Å². The Morgan fingerprint density at radius 3 is 1.98 bits per heavy atom. The van der Waals surface area contributed by atoms with Crippen LogP contribution in [0.4, 0.5) is 5.82 Å². The summed E-state index contributed by atoms with van der Waals surface area (Å²) in [5.41, 5.74) is 2.20. The van der Waals surface area contributed by atoms with E-state index in [1.165, 1.54) is 19.6 Å². The summed E-state index contributed by atoms with van der Waals surface area (Å²) < 4.78 is 31.6. The van der Waals surface area contributed by atoms with Crippen LogP contribution in [0.5, 0.6) is 11.5 Å². The van der Waals surface area contributed by atoms with Crippen LogP contribution in [0.25, 0.3) is 11.2 Å².